The summed E-state index contributed by atoms with van der Waals surface area (Å²) in [5.41, 5.74) is 1.01. The van der Waals surface area contributed by atoms with E-state index in [0.29, 0.717) is 30.5 Å². The Morgan fingerprint density at radius 2 is 1.81 bits per heavy atom. The van der Waals surface area contributed by atoms with Gasteiger partial charge in [0, 0.05) is 37.1 Å². The van der Waals surface area contributed by atoms with Crippen LogP contribution in [0.1, 0.15) is 64.4 Å². The number of carbonyl (C=O) groups excluding carboxylic acids is 1. The molecule has 198 valence electrons. The van der Waals surface area contributed by atoms with E-state index in [2.05, 4.69) is 14.3 Å². The number of rotatable bonds is 9. The topological polar surface area (TPSA) is 84.3 Å². The summed E-state index contributed by atoms with van der Waals surface area (Å²) in [5.74, 6) is 0.504. The van der Waals surface area contributed by atoms with Crippen molar-refractivity contribution in [1.29, 1.82) is 0 Å². The number of nitrogens with zero attached hydrogens (tertiary/aromatic N) is 3. The van der Waals surface area contributed by atoms with E-state index in [1.54, 1.807) is 26.0 Å². The van der Waals surface area contributed by atoms with Crippen LogP contribution in [0.5, 0.6) is 0 Å². The van der Waals surface area contributed by atoms with Crippen molar-refractivity contribution in [2.75, 3.05) is 13.1 Å². The zero-order valence-electron chi connectivity index (χ0n) is 21.4. The van der Waals surface area contributed by atoms with Crippen molar-refractivity contribution in [1.82, 2.24) is 19.2 Å². The second-order valence-electron chi connectivity index (χ2n) is 10.9. The lowest BCUT2D eigenvalue weighted by molar-refractivity contribution is -0.136. The molecule has 1 aliphatic heterocycles. The van der Waals surface area contributed by atoms with Crippen LogP contribution in [0.4, 0.5) is 0 Å². The second-order valence-corrected chi connectivity index (χ2v) is 13.6. The van der Waals surface area contributed by atoms with Crippen LogP contribution in [-0.4, -0.2) is 53.2 Å². The van der Waals surface area contributed by atoms with E-state index < -0.39 is 21.3 Å². The smallest absolute Gasteiger partial charge is 0.241 e. The van der Waals surface area contributed by atoms with Gasteiger partial charge in [0.25, 0.3) is 0 Å². The van der Waals surface area contributed by atoms with Crippen LogP contribution in [-0.2, 0) is 27.8 Å². The van der Waals surface area contributed by atoms with Crippen LogP contribution in [0.15, 0.2) is 43.0 Å². The van der Waals surface area contributed by atoms with Gasteiger partial charge in [-0.05, 0) is 75.0 Å². The molecule has 1 aromatic heterocycles. The molecule has 2 aromatic rings. The first-order valence-electron chi connectivity index (χ1n) is 13.2. The molecule has 2 fully saturated rings. The minimum absolute atomic E-state index is 0.140. The largest absolute Gasteiger partial charge is 0.341 e. The van der Waals surface area contributed by atoms with Crippen LogP contribution in [0, 0.1) is 11.3 Å². The molecular weight excluding hydrogens is 496 g/mol. The third-order valence-electron chi connectivity index (χ3n) is 8.18. The molecule has 4 rings (SSSR count). The summed E-state index contributed by atoms with van der Waals surface area (Å²) in [6, 6.07) is 6.40. The van der Waals surface area contributed by atoms with Gasteiger partial charge in [0.1, 0.15) is 6.04 Å². The van der Waals surface area contributed by atoms with Gasteiger partial charge in [-0.1, -0.05) is 43.0 Å². The quantitative estimate of drug-likeness (QED) is 0.507. The predicted molar refractivity (Wildman–Crippen MR) is 143 cm³/mol. The van der Waals surface area contributed by atoms with Crippen LogP contribution in [0.3, 0.4) is 0 Å². The minimum atomic E-state index is -3.62. The van der Waals surface area contributed by atoms with E-state index in [-0.39, 0.29) is 11.3 Å². The predicted octanol–water partition coefficient (Wildman–Crippen LogP) is 4.66. The number of halogens is 1. The molecule has 36 heavy (non-hydrogen) atoms. The molecule has 0 radical (unpaired) electrons. The summed E-state index contributed by atoms with van der Waals surface area (Å²) in [6.45, 7) is 5.46. The van der Waals surface area contributed by atoms with Crippen LogP contribution in [0.2, 0.25) is 5.02 Å². The number of nitrogens with one attached hydrogen (secondary N) is 1. The first-order chi connectivity index (χ1) is 17.2. The summed E-state index contributed by atoms with van der Waals surface area (Å²) in [5, 5.41) is -0.00846. The second kappa shape index (κ2) is 11.7. The van der Waals surface area contributed by atoms with Crippen molar-refractivity contribution < 1.29 is 13.2 Å². The van der Waals surface area contributed by atoms with Crippen molar-refractivity contribution in [3.8, 4) is 0 Å². The lowest BCUT2D eigenvalue weighted by Gasteiger charge is -2.48. The molecule has 1 aliphatic carbocycles. The Labute approximate surface area is 220 Å². The van der Waals surface area contributed by atoms with Gasteiger partial charge >= 0.3 is 0 Å². The third-order valence-corrected chi connectivity index (χ3v) is 10.3. The molecule has 1 N–H and O–H groups in total. The molecule has 0 bridgehead atoms. The summed E-state index contributed by atoms with van der Waals surface area (Å²) < 4.78 is 30.4. The zero-order valence-corrected chi connectivity index (χ0v) is 23.0. The van der Waals surface area contributed by atoms with E-state index >= 15 is 0 Å². The van der Waals surface area contributed by atoms with E-state index in [1.165, 1.54) is 32.1 Å². The van der Waals surface area contributed by atoms with Crippen molar-refractivity contribution in [3.63, 3.8) is 0 Å². The maximum atomic E-state index is 13.7. The molecule has 7 nitrogen and oxygen atoms in total. The molecule has 0 unspecified atom stereocenters. The molecule has 1 amide bonds. The third kappa shape index (κ3) is 6.50. The number of hydrogen-bond donors (Lipinski definition) is 1. The molecule has 2 aliphatic rings. The van der Waals surface area contributed by atoms with E-state index in [4.69, 9.17) is 11.6 Å². The van der Waals surface area contributed by atoms with E-state index in [1.807, 2.05) is 35.8 Å². The summed E-state index contributed by atoms with van der Waals surface area (Å²) in [7, 11) is -3.62. The Balaban J connectivity index is 1.51. The van der Waals surface area contributed by atoms with Gasteiger partial charge in [-0.15, -0.1) is 0 Å². The SMILES string of the molecule is CC(C)S(=O)(=O)N[C@@H](Cc1ccc(Cl)cc1)C(=O)N1CCC(Cn2ccnc2)(C2CCCCC2)CC1. The summed E-state index contributed by atoms with van der Waals surface area (Å²) >= 11 is 6.03. The van der Waals surface area contributed by atoms with E-state index in [9.17, 15) is 13.2 Å². The standard InChI is InChI=1S/C27H39ClN4O3S/c1-21(2)36(34,35)30-25(18-22-8-10-24(28)11-9-22)26(33)32-15-12-27(13-16-32,19-31-17-14-29-20-31)23-6-4-3-5-7-23/h8-11,14,17,20-21,23,25,30H,3-7,12-13,15-16,18-19H2,1-2H3/t25-/m0/s1. The van der Waals surface area contributed by atoms with E-state index in [0.717, 1.165) is 24.9 Å². The zero-order chi connectivity index (χ0) is 25.8. The van der Waals surface area contributed by atoms with Gasteiger partial charge in [0.15, 0.2) is 0 Å². The van der Waals surface area contributed by atoms with Gasteiger partial charge in [-0.2, -0.15) is 0 Å². The van der Waals surface area contributed by atoms with Crippen molar-refractivity contribution in [2.24, 2.45) is 11.3 Å². The maximum Gasteiger partial charge on any atom is 0.241 e. The molecule has 9 heteroatoms. The van der Waals surface area contributed by atoms with Gasteiger partial charge in [-0.25, -0.2) is 18.1 Å². The molecule has 1 atom stereocenters. The molecule has 1 saturated heterocycles. The first kappa shape index (κ1) is 27.1. The lowest BCUT2D eigenvalue weighted by Crippen LogP contribution is -2.55. The van der Waals surface area contributed by atoms with Crippen molar-refractivity contribution in [2.45, 2.75) is 83.1 Å². The normalized spacial score (nSPS) is 19.9. The number of piperidine rings is 1. The van der Waals surface area contributed by atoms with Gasteiger partial charge in [0.2, 0.25) is 15.9 Å². The Hall–Kier alpha value is -1.90. The molecular formula is C27H39ClN4O3S. The van der Waals surface area contributed by atoms with Gasteiger partial charge < -0.3 is 9.47 Å². The molecule has 1 aromatic carbocycles. The fourth-order valence-corrected chi connectivity index (χ4v) is 6.90. The number of likely N-dealkylation sites (tertiary alicyclic amines) is 1. The van der Waals surface area contributed by atoms with Crippen LogP contribution >= 0.6 is 11.6 Å². The Morgan fingerprint density at radius 3 is 2.39 bits per heavy atom. The first-order valence-corrected chi connectivity index (χ1v) is 15.1. The number of hydrogen-bond acceptors (Lipinski definition) is 4. The highest BCUT2D eigenvalue weighted by Gasteiger charge is 2.43. The molecule has 1 saturated carbocycles. The highest BCUT2D eigenvalue weighted by atomic mass is 35.5. The Morgan fingerprint density at radius 1 is 1.14 bits per heavy atom. The molecule has 0 spiro atoms. The highest BCUT2D eigenvalue weighted by molar-refractivity contribution is 7.90. The lowest BCUT2D eigenvalue weighted by atomic mass is 9.63. The average molecular weight is 535 g/mol. The highest BCUT2D eigenvalue weighted by Crippen LogP contribution is 2.47. The number of benzene rings is 1. The fraction of sp³-hybridized carbons (Fsp3) is 0.630. The van der Waals surface area contributed by atoms with Gasteiger partial charge in [0.05, 0.1) is 11.6 Å². The summed E-state index contributed by atoms with van der Waals surface area (Å²) in [4.78, 5) is 19.9. The molecule has 2 heterocycles. The van der Waals surface area contributed by atoms with Crippen molar-refractivity contribution >= 4 is 27.5 Å². The maximum absolute atomic E-state index is 13.7. The average Bonchev–Trinajstić information content (AvgIpc) is 3.38. The number of imidazole rings is 1. The van der Waals surface area contributed by atoms with Crippen LogP contribution < -0.4 is 4.72 Å². The number of sulfonamides is 1. The Bertz CT molecular complexity index is 1090. The van der Waals surface area contributed by atoms with Crippen molar-refractivity contribution in [3.05, 3.63) is 53.6 Å². The number of amides is 1. The fourth-order valence-electron chi connectivity index (χ4n) is 5.92. The number of aromatic nitrogens is 2. The minimum Gasteiger partial charge on any atom is -0.341 e. The summed E-state index contributed by atoms with van der Waals surface area (Å²) in [6.07, 6.45) is 14.2. The van der Waals surface area contributed by atoms with Crippen LogP contribution in [0.25, 0.3) is 0 Å². The Kier molecular flexibility index (Phi) is 8.79. The monoisotopic (exact) mass is 534 g/mol. The van der Waals surface area contributed by atoms with Gasteiger partial charge in [-0.3, -0.25) is 4.79 Å². The number of carbonyl (C=O) groups is 1.